The molecule has 1 aliphatic rings. The van der Waals surface area contributed by atoms with Crippen LogP contribution in [0.15, 0.2) is 48.8 Å². The van der Waals surface area contributed by atoms with Gasteiger partial charge >= 0.3 is 0 Å². The number of carbonyl (C=O) groups is 1. The van der Waals surface area contributed by atoms with Crippen LogP contribution < -0.4 is 4.90 Å². The lowest BCUT2D eigenvalue weighted by atomic mass is 10.1. The predicted octanol–water partition coefficient (Wildman–Crippen LogP) is 2.74. The number of nitrogens with zero attached hydrogens (tertiary/aromatic N) is 3. The highest BCUT2D eigenvalue weighted by molar-refractivity contribution is 6.33. The van der Waals surface area contributed by atoms with Gasteiger partial charge in [0, 0.05) is 44.1 Å². The lowest BCUT2D eigenvalue weighted by molar-refractivity contribution is 0.0926. The Balaban J connectivity index is 1.56. The molecule has 0 spiro atoms. The van der Waals surface area contributed by atoms with E-state index in [2.05, 4.69) is 14.8 Å². The Bertz CT molecular complexity index is 639. The van der Waals surface area contributed by atoms with Gasteiger partial charge in [0.15, 0.2) is 5.78 Å². The average molecular weight is 316 g/mol. The van der Waals surface area contributed by atoms with E-state index in [4.69, 9.17) is 11.6 Å². The van der Waals surface area contributed by atoms with Gasteiger partial charge in [0.25, 0.3) is 0 Å². The van der Waals surface area contributed by atoms with Crippen molar-refractivity contribution in [2.75, 3.05) is 37.6 Å². The molecule has 1 saturated heterocycles. The fourth-order valence-electron chi connectivity index (χ4n) is 2.68. The van der Waals surface area contributed by atoms with Crippen molar-refractivity contribution in [2.45, 2.75) is 0 Å². The molecule has 0 atom stereocenters. The molecular weight excluding hydrogens is 298 g/mol. The molecule has 0 aliphatic carbocycles. The van der Waals surface area contributed by atoms with Crippen LogP contribution in [-0.2, 0) is 0 Å². The largest absolute Gasteiger partial charge is 0.368 e. The Morgan fingerprint density at radius 2 is 1.86 bits per heavy atom. The molecule has 1 aromatic carbocycles. The number of hydrogen-bond donors (Lipinski definition) is 0. The Morgan fingerprint density at radius 3 is 2.55 bits per heavy atom. The molecule has 0 radical (unpaired) electrons. The molecule has 22 heavy (non-hydrogen) atoms. The number of carbonyl (C=O) groups excluding carboxylic acids is 1. The minimum absolute atomic E-state index is 0.124. The number of anilines is 1. The summed E-state index contributed by atoms with van der Waals surface area (Å²) in [6, 6.07) is 11.5. The third kappa shape index (κ3) is 3.46. The maximum absolute atomic E-state index is 12.2. The van der Waals surface area contributed by atoms with Crippen LogP contribution in [0.3, 0.4) is 0 Å². The monoisotopic (exact) mass is 315 g/mol. The van der Waals surface area contributed by atoms with Crippen LogP contribution in [0.4, 0.5) is 5.69 Å². The van der Waals surface area contributed by atoms with Crippen molar-refractivity contribution in [2.24, 2.45) is 0 Å². The number of hydrogen-bond acceptors (Lipinski definition) is 4. The Kier molecular flexibility index (Phi) is 4.71. The summed E-state index contributed by atoms with van der Waals surface area (Å²) in [6.07, 6.45) is 3.31. The number of piperazine rings is 1. The highest BCUT2D eigenvalue weighted by atomic mass is 35.5. The zero-order valence-electron chi connectivity index (χ0n) is 12.3. The van der Waals surface area contributed by atoms with E-state index in [9.17, 15) is 4.79 Å². The highest BCUT2D eigenvalue weighted by Crippen LogP contribution is 2.25. The fraction of sp³-hybridized carbons (Fsp3) is 0.294. The van der Waals surface area contributed by atoms with Crippen LogP contribution in [0, 0.1) is 0 Å². The number of ketones is 1. The van der Waals surface area contributed by atoms with Crippen LogP contribution in [0.2, 0.25) is 5.02 Å². The highest BCUT2D eigenvalue weighted by Gasteiger charge is 2.20. The molecule has 0 unspecified atom stereocenters. The van der Waals surface area contributed by atoms with Crippen LogP contribution in [0.1, 0.15) is 10.4 Å². The van der Waals surface area contributed by atoms with Gasteiger partial charge in [0.1, 0.15) is 0 Å². The minimum Gasteiger partial charge on any atom is -0.368 e. The summed E-state index contributed by atoms with van der Waals surface area (Å²) in [6.45, 7) is 3.92. The van der Waals surface area contributed by atoms with E-state index in [1.807, 2.05) is 30.3 Å². The van der Waals surface area contributed by atoms with E-state index in [-0.39, 0.29) is 5.78 Å². The summed E-state index contributed by atoms with van der Waals surface area (Å²) in [7, 11) is 0. The number of rotatable bonds is 4. The SMILES string of the molecule is O=C(CN1CCN(c2ccccc2Cl)CC1)c1cccnc1. The molecule has 2 heterocycles. The summed E-state index contributed by atoms with van der Waals surface area (Å²) in [5.74, 6) is 0.124. The van der Waals surface area contributed by atoms with Crippen molar-refractivity contribution in [3.8, 4) is 0 Å². The van der Waals surface area contributed by atoms with Gasteiger partial charge < -0.3 is 4.90 Å². The summed E-state index contributed by atoms with van der Waals surface area (Å²) in [5, 5.41) is 0.780. The third-order valence-electron chi connectivity index (χ3n) is 3.92. The van der Waals surface area contributed by atoms with E-state index < -0.39 is 0 Å². The maximum atomic E-state index is 12.2. The van der Waals surface area contributed by atoms with Gasteiger partial charge in [-0.3, -0.25) is 14.7 Å². The zero-order valence-corrected chi connectivity index (χ0v) is 13.0. The van der Waals surface area contributed by atoms with Crippen molar-refractivity contribution in [3.63, 3.8) is 0 Å². The molecule has 1 aliphatic heterocycles. The zero-order chi connectivity index (χ0) is 15.4. The van der Waals surface area contributed by atoms with E-state index in [1.165, 1.54) is 0 Å². The van der Waals surface area contributed by atoms with Crippen molar-refractivity contribution < 1.29 is 4.79 Å². The number of aromatic nitrogens is 1. The van der Waals surface area contributed by atoms with Gasteiger partial charge in [-0.05, 0) is 24.3 Å². The van der Waals surface area contributed by atoms with Crippen molar-refractivity contribution >= 4 is 23.1 Å². The normalized spacial score (nSPS) is 15.8. The van der Waals surface area contributed by atoms with E-state index in [0.717, 1.165) is 36.9 Å². The second-order valence-electron chi connectivity index (χ2n) is 5.38. The molecule has 0 N–H and O–H groups in total. The van der Waals surface area contributed by atoms with E-state index in [1.54, 1.807) is 18.5 Å². The number of pyridine rings is 1. The van der Waals surface area contributed by atoms with Gasteiger partial charge in [0.2, 0.25) is 0 Å². The third-order valence-corrected chi connectivity index (χ3v) is 4.24. The first kappa shape index (κ1) is 15.0. The summed E-state index contributed by atoms with van der Waals surface area (Å²) in [5.41, 5.74) is 1.75. The Morgan fingerprint density at radius 1 is 1.09 bits per heavy atom. The molecule has 4 nitrogen and oxygen atoms in total. The fourth-order valence-corrected chi connectivity index (χ4v) is 2.93. The molecule has 0 saturated carbocycles. The number of benzene rings is 1. The second-order valence-corrected chi connectivity index (χ2v) is 5.79. The van der Waals surface area contributed by atoms with Crippen molar-refractivity contribution in [1.82, 2.24) is 9.88 Å². The number of para-hydroxylation sites is 1. The maximum Gasteiger partial charge on any atom is 0.178 e. The Labute approximate surface area is 135 Å². The summed E-state index contributed by atoms with van der Waals surface area (Å²) >= 11 is 6.24. The number of Topliss-reactive ketones (excluding diaryl/α,β-unsaturated/α-hetero) is 1. The molecule has 0 bridgehead atoms. The molecular formula is C17H18ClN3O. The van der Waals surface area contributed by atoms with E-state index in [0.29, 0.717) is 12.1 Å². The van der Waals surface area contributed by atoms with E-state index >= 15 is 0 Å². The molecule has 5 heteroatoms. The lowest BCUT2D eigenvalue weighted by Crippen LogP contribution is -2.48. The second kappa shape index (κ2) is 6.90. The van der Waals surface area contributed by atoms with Crippen LogP contribution in [-0.4, -0.2) is 48.4 Å². The number of halogens is 1. The smallest absolute Gasteiger partial charge is 0.178 e. The Hall–Kier alpha value is -1.91. The topological polar surface area (TPSA) is 36.4 Å². The average Bonchev–Trinajstić information content (AvgIpc) is 2.57. The first-order valence-electron chi connectivity index (χ1n) is 7.39. The quantitative estimate of drug-likeness (QED) is 0.813. The van der Waals surface area contributed by atoms with Gasteiger partial charge in [-0.1, -0.05) is 23.7 Å². The first-order chi connectivity index (χ1) is 10.7. The minimum atomic E-state index is 0.124. The summed E-state index contributed by atoms with van der Waals surface area (Å²) < 4.78 is 0. The van der Waals surface area contributed by atoms with Gasteiger partial charge in [-0.2, -0.15) is 0 Å². The predicted molar refractivity (Wildman–Crippen MR) is 88.7 cm³/mol. The van der Waals surface area contributed by atoms with Gasteiger partial charge in [-0.25, -0.2) is 0 Å². The summed E-state index contributed by atoms with van der Waals surface area (Å²) in [4.78, 5) is 20.7. The molecule has 114 valence electrons. The standard InChI is InChI=1S/C17H18ClN3O/c18-15-5-1-2-6-16(15)21-10-8-20(9-11-21)13-17(22)14-4-3-7-19-12-14/h1-7,12H,8-11,13H2. The molecule has 1 fully saturated rings. The van der Waals surface area contributed by atoms with Crippen LogP contribution in [0.5, 0.6) is 0 Å². The molecule has 2 aromatic rings. The molecule has 3 rings (SSSR count). The molecule has 1 aromatic heterocycles. The lowest BCUT2D eigenvalue weighted by Gasteiger charge is -2.36. The van der Waals surface area contributed by atoms with Crippen molar-refractivity contribution in [1.29, 1.82) is 0 Å². The van der Waals surface area contributed by atoms with Gasteiger partial charge in [0.05, 0.1) is 17.3 Å². The first-order valence-corrected chi connectivity index (χ1v) is 7.77. The molecule has 0 amide bonds. The van der Waals surface area contributed by atoms with Crippen molar-refractivity contribution in [3.05, 3.63) is 59.4 Å². The van der Waals surface area contributed by atoms with Gasteiger partial charge in [-0.15, -0.1) is 0 Å². The van der Waals surface area contributed by atoms with Crippen LogP contribution in [0.25, 0.3) is 0 Å². The van der Waals surface area contributed by atoms with Crippen LogP contribution >= 0.6 is 11.6 Å².